The maximum Gasteiger partial charge on any atom is 0.410 e. The highest BCUT2D eigenvalue weighted by Crippen LogP contribution is 2.36. The van der Waals surface area contributed by atoms with E-state index in [4.69, 9.17) is 27.9 Å². The maximum atomic E-state index is 12.2. The van der Waals surface area contributed by atoms with Gasteiger partial charge in [0.2, 0.25) is 0 Å². The standard InChI is InChI=1S/C16H19Cl2NO4/c1-16(2,3)23-15(22)19-7-10(11(8-19)14(20)21)9-4-5-12(17)13(18)6-9/h4-6,10-11H,7-8H2,1-3H3,(H,20,21)/t10-,11+/m1/s1. The minimum absolute atomic E-state index is 0.106. The summed E-state index contributed by atoms with van der Waals surface area (Å²) in [7, 11) is 0. The Morgan fingerprint density at radius 1 is 1.22 bits per heavy atom. The lowest BCUT2D eigenvalue weighted by molar-refractivity contribution is -0.141. The van der Waals surface area contributed by atoms with Gasteiger partial charge in [-0.25, -0.2) is 4.79 Å². The fourth-order valence-electron chi connectivity index (χ4n) is 2.61. The van der Waals surface area contributed by atoms with Crippen LogP contribution in [0.4, 0.5) is 4.79 Å². The molecule has 0 spiro atoms. The van der Waals surface area contributed by atoms with E-state index in [0.29, 0.717) is 10.0 Å². The van der Waals surface area contributed by atoms with E-state index in [1.165, 1.54) is 4.90 Å². The Hall–Kier alpha value is -1.46. The highest BCUT2D eigenvalue weighted by molar-refractivity contribution is 6.42. The van der Waals surface area contributed by atoms with Crippen molar-refractivity contribution in [2.24, 2.45) is 5.92 Å². The number of amides is 1. The number of benzene rings is 1. The van der Waals surface area contributed by atoms with Crippen LogP contribution in [0.5, 0.6) is 0 Å². The number of ether oxygens (including phenoxy) is 1. The normalized spacial score (nSPS) is 21.3. The highest BCUT2D eigenvalue weighted by Gasteiger charge is 2.41. The van der Waals surface area contributed by atoms with Gasteiger partial charge in [0.25, 0.3) is 0 Å². The summed E-state index contributed by atoms with van der Waals surface area (Å²) >= 11 is 11.9. The number of halogens is 2. The smallest absolute Gasteiger partial charge is 0.410 e. The molecule has 0 radical (unpaired) electrons. The van der Waals surface area contributed by atoms with E-state index < -0.39 is 23.6 Å². The van der Waals surface area contributed by atoms with Gasteiger partial charge in [-0.2, -0.15) is 0 Å². The number of hydrogen-bond donors (Lipinski definition) is 1. The van der Waals surface area contributed by atoms with Crippen molar-refractivity contribution in [1.82, 2.24) is 4.90 Å². The topological polar surface area (TPSA) is 66.8 Å². The van der Waals surface area contributed by atoms with Gasteiger partial charge in [-0.05, 0) is 38.5 Å². The summed E-state index contributed by atoms with van der Waals surface area (Å²) in [6.45, 7) is 5.68. The third-order valence-corrected chi connectivity index (χ3v) is 4.40. The van der Waals surface area contributed by atoms with Crippen molar-refractivity contribution in [2.75, 3.05) is 13.1 Å². The molecule has 1 fully saturated rings. The second-order valence-electron chi connectivity index (χ2n) is 6.61. The fraction of sp³-hybridized carbons (Fsp3) is 0.500. The van der Waals surface area contributed by atoms with Crippen LogP contribution in [0.3, 0.4) is 0 Å². The Bertz CT molecular complexity index is 627. The van der Waals surface area contributed by atoms with Gasteiger partial charge in [-0.15, -0.1) is 0 Å². The van der Waals surface area contributed by atoms with Crippen LogP contribution in [0.2, 0.25) is 10.0 Å². The predicted molar refractivity (Wildman–Crippen MR) is 88.1 cm³/mol. The number of carboxylic acids is 1. The largest absolute Gasteiger partial charge is 0.481 e. The second kappa shape index (κ2) is 6.57. The number of carboxylic acid groups (broad SMARTS) is 1. The summed E-state index contributed by atoms with van der Waals surface area (Å²) in [5.74, 6) is -2.01. The van der Waals surface area contributed by atoms with Gasteiger partial charge in [0.05, 0.1) is 16.0 Å². The van der Waals surface area contributed by atoms with Crippen molar-refractivity contribution in [3.8, 4) is 0 Å². The van der Waals surface area contributed by atoms with Crippen LogP contribution in [0.1, 0.15) is 32.3 Å². The first-order chi connectivity index (χ1) is 10.6. The predicted octanol–water partition coefficient (Wildman–Crippen LogP) is 4.03. The number of carbonyl (C=O) groups is 2. The van der Waals surface area contributed by atoms with Crippen molar-refractivity contribution in [2.45, 2.75) is 32.3 Å². The average Bonchev–Trinajstić information content (AvgIpc) is 2.85. The molecule has 1 aliphatic rings. The molecule has 1 amide bonds. The molecule has 23 heavy (non-hydrogen) atoms. The number of hydrogen-bond acceptors (Lipinski definition) is 3. The van der Waals surface area contributed by atoms with Gasteiger partial charge < -0.3 is 14.7 Å². The minimum Gasteiger partial charge on any atom is -0.481 e. The summed E-state index contributed by atoms with van der Waals surface area (Å²) in [6.07, 6.45) is -0.508. The van der Waals surface area contributed by atoms with Crippen molar-refractivity contribution in [3.63, 3.8) is 0 Å². The van der Waals surface area contributed by atoms with Crippen molar-refractivity contribution < 1.29 is 19.4 Å². The molecule has 1 heterocycles. The molecule has 1 aromatic rings. The first-order valence-electron chi connectivity index (χ1n) is 7.24. The lowest BCUT2D eigenvalue weighted by atomic mass is 9.89. The second-order valence-corrected chi connectivity index (χ2v) is 7.42. The summed E-state index contributed by atoms with van der Waals surface area (Å²) in [4.78, 5) is 25.2. The van der Waals surface area contributed by atoms with E-state index in [2.05, 4.69) is 0 Å². The quantitative estimate of drug-likeness (QED) is 0.865. The van der Waals surface area contributed by atoms with E-state index >= 15 is 0 Å². The van der Waals surface area contributed by atoms with Crippen LogP contribution in [-0.2, 0) is 9.53 Å². The third kappa shape index (κ3) is 4.30. The molecule has 0 unspecified atom stereocenters. The molecule has 0 bridgehead atoms. The van der Waals surface area contributed by atoms with Gasteiger partial charge >= 0.3 is 12.1 Å². The Kier molecular flexibility index (Phi) is 5.11. The number of aliphatic carboxylic acids is 1. The van der Waals surface area contributed by atoms with Crippen molar-refractivity contribution in [1.29, 1.82) is 0 Å². The fourth-order valence-corrected chi connectivity index (χ4v) is 2.92. The zero-order valence-corrected chi connectivity index (χ0v) is 14.7. The Morgan fingerprint density at radius 2 is 1.87 bits per heavy atom. The summed E-state index contributed by atoms with van der Waals surface area (Å²) in [6, 6.07) is 5.03. The van der Waals surface area contributed by atoms with Crippen molar-refractivity contribution in [3.05, 3.63) is 33.8 Å². The van der Waals surface area contributed by atoms with Crippen LogP contribution in [0, 0.1) is 5.92 Å². The molecule has 1 aliphatic heterocycles. The number of carbonyl (C=O) groups excluding carboxylic acids is 1. The Labute approximate surface area is 145 Å². The summed E-state index contributed by atoms with van der Waals surface area (Å²) in [5, 5.41) is 10.2. The molecular weight excluding hydrogens is 341 g/mol. The monoisotopic (exact) mass is 359 g/mol. The lowest BCUT2D eigenvalue weighted by Crippen LogP contribution is -2.35. The SMILES string of the molecule is CC(C)(C)OC(=O)N1C[C@H](C(=O)O)[C@@H](c2ccc(Cl)c(Cl)c2)C1. The van der Waals surface area contributed by atoms with E-state index in [9.17, 15) is 14.7 Å². The first kappa shape index (κ1) is 17.9. The molecule has 126 valence electrons. The van der Waals surface area contributed by atoms with Gasteiger partial charge in [0.1, 0.15) is 5.60 Å². The molecule has 2 atom stereocenters. The molecule has 0 saturated carbocycles. The van der Waals surface area contributed by atoms with Crippen LogP contribution >= 0.6 is 23.2 Å². The Balaban J connectivity index is 2.23. The van der Waals surface area contributed by atoms with Crippen LogP contribution in [-0.4, -0.2) is 40.8 Å². The molecule has 5 nitrogen and oxygen atoms in total. The van der Waals surface area contributed by atoms with E-state index in [1.54, 1.807) is 39.0 Å². The van der Waals surface area contributed by atoms with E-state index in [1.807, 2.05) is 0 Å². The third-order valence-electron chi connectivity index (χ3n) is 3.66. The van der Waals surface area contributed by atoms with Crippen molar-refractivity contribution >= 4 is 35.3 Å². The van der Waals surface area contributed by atoms with Crippen LogP contribution < -0.4 is 0 Å². The zero-order chi connectivity index (χ0) is 17.4. The van der Waals surface area contributed by atoms with Crippen LogP contribution in [0.25, 0.3) is 0 Å². The average molecular weight is 360 g/mol. The number of likely N-dealkylation sites (tertiary alicyclic amines) is 1. The van der Waals surface area contributed by atoms with Gasteiger partial charge in [-0.1, -0.05) is 29.3 Å². The van der Waals surface area contributed by atoms with E-state index in [0.717, 1.165) is 5.56 Å². The molecule has 0 aromatic heterocycles. The highest BCUT2D eigenvalue weighted by atomic mass is 35.5. The minimum atomic E-state index is -0.952. The van der Waals surface area contributed by atoms with Gasteiger partial charge in [0, 0.05) is 19.0 Å². The molecule has 1 aromatic carbocycles. The first-order valence-corrected chi connectivity index (χ1v) is 8.00. The number of nitrogens with zero attached hydrogens (tertiary/aromatic N) is 1. The molecule has 7 heteroatoms. The molecule has 1 saturated heterocycles. The molecule has 0 aliphatic carbocycles. The maximum absolute atomic E-state index is 12.2. The summed E-state index contributed by atoms with van der Waals surface area (Å²) in [5.41, 5.74) is 0.121. The summed E-state index contributed by atoms with van der Waals surface area (Å²) < 4.78 is 5.32. The zero-order valence-electron chi connectivity index (χ0n) is 13.2. The van der Waals surface area contributed by atoms with Gasteiger partial charge in [-0.3, -0.25) is 4.79 Å². The molecular formula is C16H19Cl2NO4. The molecule has 1 N–H and O–H groups in total. The lowest BCUT2D eigenvalue weighted by Gasteiger charge is -2.24. The molecule has 2 rings (SSSR count). The Morgan fingerprint density at radius 3 is 2.39 bits per heavy atom. The van der Waals surface area contributed by atoms with Crippen LogP contribution in [0.15, 0.2) is 18.2 Å². The number of rotatable bonds is 2. The van der Waals surface area contributed by atoms with E-state index in [-0.39, 0.29) is 19.0 Å². The van der Waals surface area contributed by atoms with Gasteiger partial charge in [0.15, 0.2) is 0 Å².